The maximum absolute atomic E-state index is 12.4. The lowest BCUT2D eigenvalue weighted by atomic mass is 10.1. The molecule has 1 aromatic carbocycles. The number of fused-ring (bicyclic) bond motifs is 1. The third kappa shape index (κ3) is 4.49. The van der Waals surface area contributed by atoms with Gasteiger partial charge in [-0.15, -0.1) is 0 Å². The van der Waals surface area contributed by atoms with Gasteiger partial charge in [-0.2, -0.15) is 9.50 Å². The van der Waals surface area contributed by atoms with Gasteiger partial charge in [0.25, 0.3) is 0 Å². The Labute approximate surface area is 188 Å². The molecule has 8 nitrogen and oxygen atoms in total. The first-order chi connectivity index (χ1) is 15.3. The highest BCUT2D eigenvalue weighted by atomic mass is 32.2. The summed E-state index contributed by atoms with van der Waals surface area (Å²) in [5.74, 6) is 1.15. The maximum atomic E-state index is 12.4. The molecule has 1 atom stereocenters. The number of nitrogens with zero attached hydrogens (tertiary/aromatic N) is 6. The first-order valence-electron chi connectivity index (χ1n) is 10.1. The first kappa shape index (κ1) is 21.9. The summed E-state index contributed by atoms with van der Waals surface area (Å²) in [6.45, 7) is 7.31. The smallest absolute Gasteiger partial charge is 0.159 e. The van der Waals surface area contributed by atoms with E-state index in [0.29, 0.717) is 28.7 Å². The molecule has 0 amide bonds. The summed E-state index contributed by atoms with van der Waals surface area (Å²) >= 11 is 0. The summed E-state index contributed by atoms with van der Waals surface area (Å²) < 4.78 is 18.0. The molecular formula is C23H24N6O2S. The third-order valence-corrected chi connectivity index (χ3v) is 6.26. The second-order valence-electron chi connectivity index (χ2n) is 8.28. The minimum Gasteiger partial charge on any atom is -0.390 e. The van der Waals surface area contributed by atoms with E-state index in [1.807, 2.05) is 51.1 Å². The van der Waals surface area contributed by atoms with Crippen molar-refractivity contribution in [3.63, 3.8) is 0 Å². The number of hydrogen-bond donors (Lipinski definition) is 1. The van der Waals surface area contributed by atoms with E-state index in [4.69, 9.17) is 0 Å². The highest BCUT2D eigenvalue weighted by Gasteiger charge is 2.19. The number of aromatic nitrogens is 5. The van der Waals surface area contributed by atoms with Crippen LogP contribution in [0.15, 0.2) is 59.3 Å². The summed E-state index contributed by atoms with van der Waals surface area (Å²) in [5, 5.41) is 14.8. The van der Waals surface area contributed by atoms with Crippen LogP contribution in [0.1, 0.15) is 39.1 Å². The Kier molecular flexibility index (Phi) is 5.94. The number of hydrogen-bond acceptors (Lipinski definition) is 6. The van der Waals surface area contributed by atoms with Crippen LogP contribution >= 0.6 is 0 Å². The lowest BCUT2D eigenvalue weighted by molar-refractivity contribution is 0.276. The fraction of sp³-hybridized carbons (Fsp3) is 0.261. The van der Waals surface area contributed by atoms with Crippen LogP contribution in [0, 0.1) is 0 Å². The van der Waals surface area contributed by atoms with E-state index in [9.17, 15) is 9.32 Å². The van der Waals surface area contributed by atoms with Gasteiger partial charge in [0.15, 0.2) is 11.6 Å². The Morgan fingerprint density at radius 2 is 1.97 bits per heavy atom. The van der Waals surface area contributed by atoms with Gasteiger partial charge in [0.1, 0.15) is 11.0 Å². The van der Waals surface area contributed by atoms with Crippen molar-refractivity contribution in [1.82, 2.24) is 24.7 Å². The summed E-state index contributed by atoms with van der Waals surface area (Å²) in [6.07, 6.45) is 3.44. The van der Waals surface area contributed by atoms with Gasteiger partial charge in [0.05, 0.1) is 40.2 Å². The van der Waals surface area contributed by atoms with Crippen molar-refractivity contribution in [1.29, 1.82) is 0 Å². The van der Waals surface area contributed by atoms with Gasteiger partial charge in [-0.3, -0.25) is 0 Å². The van der Waals surface area contributed by atoms with Gasteiger partial charge >= 0.3 is 0 Å². The topological polar surface area (TPSA) is 106 Å². The average molecular weight is 449 g/mol. The van der Waals surface area contributed by atoms with E-state index in [-0.39, 0.29) is 6.61 Å². The molecule has 0 aliphatic heterocycles. The molecule has 0 aliphatic rings. The van der Waals surface area contributed by atoms with E-state index < -0.39 is 15.7 Å². The van der Waals surface area contributed by atoms with Crippen molar-refractivity contribution < 1.29 is 9.32 Å². The van der Waals surface area contributed by atoms with Crippen LogP contribution in [-0.2, 0) is 17.6 Å². The number of pyridine rings is 1. The Hall–Kier alpha value is -3.30. The monoisotopic (exact) mass is 448 g/mol. The summed E-state index contributed by atoms with van der Waals surface area (Å²) in [5.41, 5.74) is 3.44. The maximum Gasteiger partial charge on any atom is 0.159 e. The van der Waals surface area contributed by atoms with Crippen LogP contribution in [0.3, 0.4) is 0 Å². The van der Waals surface area contributed by atoms with Crippen molar-refractivity contribution in [3.8, 4) is 17.2 Å². The average Bonchev–Trinajstić information content (AvgIpc) is 3.22. The Morgan fingerprint density at radius 3 is 2.72 bits per heavy atom. The van der Waals surface area contributed by atoms with Crippen LogP contribution in [-0.4, -0.2) is 44.5 Å². The molecule has 4 rings (SSSR count). The number of benzene rings is 1. The van der Waals surface area contributed by atoms with Gasteiger partial charge in [-0.25, -0.2) is 23.8 Å². The van der Waals surface area contributed by atoms with Crippen molar-refractivity contribution >= 4 is 27.6 Å². The van der Waals surface area contributed by atoms with E-state index in [0.717, 1.165) is 16.5 Å². The third-order valence-electron chi connectivity index (χ3n) is 4.77. The molecule has 0 aliphatic carbocycles. The molecule has 3 heterocycles. The van der Waals surface area contributed by atoms with Gasteiger partial charge < -0.3 is 5.11 Å². The Morgan fingerprint density at radius 1 is 1.16 bits per heavy atom. The van der Waals surface area contributed by atoms with Gasteiger partial charge in [0, 0.05) is 17.1 Å². The minimum absolute atomic E-state index is 0.139. The zero-order chi connectivity index (χ0) is 22.9. The van der Waals surface area contributed by atoms with Crippen LogP contribution in [0.4, 0.5) is 0 Å². The molecule has 1 N–H and O–H groups in total. The molecule has 4 aromatic rings. The van der Waals surface area contributed by atoms with E-state index in [1.165, 1.54) is 0 Å². The number of aliphatic hydroxyl groups is 1. The zero-order valence-corrected chi connectivity index (χ0v) is 19.2. The van der Waals surface area contributed by atoms with Gasteiger partial charge in [-0.1, -0.05) is 18.2 Å². The zero-order valence-electron chi connectivity index (χ0n) is 18.4. The molecule has 32 heavy (non-hydrogen) atoms. The van der Waals surface area contributed by atoms with Gasteiger partial charge in [0.2, 0.25) is 0 Å². The molecule has 3 aromatic heterocycles. The summed E-state index contributed by atoms with van der Waals surface area (Å²) in [6, 6.07) is 13.0. The molecule has 0 saturated carbocycles. The van der Waals surface area contributed by atoms with E-state index in [1.54, 1.807) is 36.1 Å². The lowest BCUT2D eigenvalue weighted by Crippen LogP contribution is -2.20. The molecule has 164 valence electrons. The minimum atomic E-state index is -1.37. The molecule has 0 unspecified atom stereocenters. The van der Waals surface area contributed by atoms with Crippen LogP contribution < -0.4 is 0 Å². The van der Waals surface area contributed by atoms with Crippen molar-refractivity contribution in [3.05, 3.63) is 66.2 Å². The molecule has 0 spiro atoms. The van der Waals surface area contributed by atoms with Gasteiger partial charge in [-0.05, 0) is 52.0 Å². The molecule has 0 fully saturated rings. The predicted molar refractivity (Wildman–Crippen MR) is 126 cm³/mol. The molecular weight excluding hydrogens is 424 g/mol. The predicted octanol–water partition coefficient (Wildman–Crippen LogP) is 3.64. The van der Waals surface area contributed by atoms with Crippen molar-refractivity contribution in [2.24, 2.45) is 4.40 Å². The quantitative estimate of drug-likeness (QED) is 0.467. The Balaban J connectivity index is 1.74. The van der Waals surface area contributed by atoms with Crippen LogP contribution in [0.5, 0.6) is 0 Å². The standard InChI is InChI=1S/C23H24N6O2S/c1-15(28-32(31)23(2,3)4)19-10-11-24-22(27-19)16-8-9-17-13-25-29(20(17)12-16)21-7-5-6-18(14-30)26-21/h5-13,30H,14H2,1-4H3/b28-15+/t32-/m1/s1. The highest BCUT2D eigenvalue weighted by molar-refractivity contribution is 7.85. The summed E-state index contributed by atoms with van der Waals surface area (Å²) in [4.78, 5) is 13.5. The second kappa shape index (κ2) is 8.68. The summed E-state index contributed by atoms with van der Waals surface area (Å²) in [7, 11) is -1.37. The fourth-order valence-corrected chi connectivity index (χ4v) is 3.64. The van der Waals surface area contributed by atoms with Crippen molar-refractivity contribution in [2.45, 2.75) is 39.0 Å². The lowest BCUT2D eigenvalue weighted by Gasteiger charge is -2.14. The highest BCUT2D eigenvalue weighted by Crippen LogP contribution is 2.24. The molecule has 0 saturated heterocycles. The van der Waals surface area contributed by atoms with E-state index >= 15 is 0 Å². The SMILES string of the molecule is C/C(=N\[S@](=O)C(C)(C)C)c1ccnc(-c2ccc3cnn(-c4cccc(CO)n4)c3c2)n1. The first-order valence-corrected chi connectivity index (χ1v) is 11.2. The largest absolute Gasteiger partial charge is 0.390 e. The second-order valence-corrected chi connectivity index (χ2v) is 10.2. The fourth-order valence-electron chi connectivity index (χ4n) is 3.02. The molecule has 0 radical (unpaired) electrons. The Bertz CT molecular complexity index is 1340. The molecule has 9 heteroatoms. The number of aliphatic hydroxyl groups excluding tert-OH is 1. The van der Waals surface area contributed by atoms with Crippen LogP contribution in [0.2, 0.25) is 0 Å². The molecule has 0 bridgehead atoms. The van der Waals surface area contributed by atoms with Crippen molar-refractivity contribution in [2.75, 3.05) is 0 Å². The van der Waals surface area contributed by atoms with E-state index in [2.05, 4.69) is 24.4 Å². The number of rotatable bonds is 5. The van der Waals surface area contributed by atoms with Crippen LogP contribution in [0.25, 0.3) is 28.1 Å². The normalized spacial score (nSPS) is 13.5.